The van der Waals surface area contributed by atoms with Crippen LogP contribution >= 0.6 is 0 Å². The third-order valence-electron chi connectivity index (χ3n) is 2.97. The molecule has 2 N–H and O–H groups in total. The molecular weight excluding hydrogens is 256 g/mol. The highest BCUT2D eigenvalue weighted by Gasteiger charge is 2.27. The monoisotopic (exact) mass is 284 g/mol. The lowest BCUT2D eigenvalue weighted by molar-refractivity contribution is -0.142. The standard InChI is InChI=1S/C15H28N2O3/c1-7-8-17(15(4,5)6)14(20)16-10-12(13(18)19)9-11(2)3/h7,11-12H,1,8-10H2,2-6H3,(H,16,20)(H,18,19). The van der Waals surface area contributed by atoms with Crippen molar-refractivity contribution >= 4 is 12.0 Å². The van der Waals surface area contributed by atoms with Crippen LogP contribution in [0.1, 0.15) is 41.0 Å². The number of hydrogen-bond acceptors (Lipinski definition) is 2. The highest BCUT2D eigenvalue weighted by Crippen LogP contribution is 2.14. The number of amides is 2. The third kappa shape index (κ3) is 6.59. The molecule has 0 aromatic heterocycles. The van der Waals surface area contributed by atoms with Crippen LogP contribution < -0.4 is 5.32 Å². The van der Waals surface area contributed by atoms with Crippen molar-refractivity contribution in [1.29, 1.82) is 0 Å². The Balaban J connectivity index is 4.63. The van der Waals surface area contributed by atoms with E-state index < -0.39 is 11.9 Å². The Morgan fingerprint density at radius 2 is 1.90 bits per heavy atom. The fourth-order valence-corrected chi connectivity index (χ4v) is 1.94. The first kappa shape index (κ1) is 18.5. The van der Waals surface area contributed by atoms with E-state index in [0.29, 0.717) is 13.0 Å². The lowest BCUT2D eigenvalue weighted by Crippen LogP contribution is -2.51. The topological polar surface area (TPSA) is 69.6 Å². The van der Waals surface area contributed by atoms with Crippen LogP contribution in [0.5, 0.6) is 0 Å². The second-order valence-corrected chi connectivity index (χ2v) is 6.42. The van der Waals surface area contributed by atoms with Gasteiger partial charge in [-0.2, -0.15) is 0 Å². The van der Waals surface area contributed by atoms with Crippen molar-refractivity contribution < 1.29 is 14.7 Å². The summed E-state index contributed by atoms with van der Waals surface area (Å²) in [5.74, 6) is -1.14. The minimum absolute atomic E-state index is 0.149. The Bertz CT molecular complexity index is 346. The predicted octanol–water partition coefficient (Wildman–Crippen LogP) is 2.73. The van der Waals surface area contributed by atoms with E-state index in [-0.39, 0.29) is 24.0 Å². The molecule has 0 radical (unpaired) electrons. The number of hydrogen-bond donors (Lipinski definition) is 2. The zero-order valence-electron chi connectivity index (χ0n) is 13.3. The molecule has 1 atom stereocenters. The Morgan fingerprint density at radius 1 is 1.35 bits per heavy atom. The summed E-state index contributed by atoms with van der Waals surface area (Å²) >= 11 is 0. The molecule has 1 unspecified atom stereocenters. The van der Waals surface area contributed by atoms with Gasteiger partial charge in [-0.15, -0.1) is 6.58 Å². The van der Waals surface area contributed by atoms with Gasteiger partial charge >= 0.3 is 12.0 Å². The lowest BCUT2D eigenvalue weighted by atomic mass is 9.97. The molecule has 2 amide bonds. The first-order valence-electron chi connectivity index (χ1n) is 6.98. The van der Waals surface area contributed by atoms with E-state index in [9.17, 15) is 9.59 Å². The number of rotatable bonds is 7. The van der Waals surface area contributed by atoms with Gasteiger partial charge in [0.15, 0.2) is 0 Å². The van der Waals surface area contributed by atoms with E-state index in [1.807, 2.05) is 34.6 Å². The van der Waals surface area contributed by atoms with Gasteiger partial charge in [-0.1, -0.05) is 19.9 Å². The maximum absolute atomic E-state index is 12.2. The molecule has 0 aromatic carbocycles. The van der Waals surface area contributed by atoms with Crippen molar-refractivity contribution in [2.75, 3.05) is 13.1 Å². The molecule has 0 rings (SSSR count). The van der Waals surface area contributed by atoms with Gasteiger partial charge in [0.05, 0.1) is 5.92 Å². The van der Waals surface area contributed by atoms with Crippen LogP contribution in [0, 0.1) is 11.8 Å². The molecule has 0 heterocycles. The summed E-state index contributed by atoms with van der Waals surface area (Å²) in [5, 5.41) is 11.9. The normalized spacial score (nSPS) is 12.9. The number of carbonyl (C=O) groups excluding carboxylic acids is 1. The molecule has 0 saturated heterocycles. The lowest BCUT2D eigenvalue weighted by Gasteiger charge is -2.35. The van der Waals surface area contributed by atoms with E-state index >= 15 is 0 Å². The Hall–Kier alpha value is -1.52. The zero-order valence-corrected chi connectivity index (χ0v) is 13.3. The zero-order chi connectivity index (χ0) is 15.9. The Morgan fingerprint density at radius 3 is 2.25 bits per heavy atom. The summed E-state index contributed by atoms with van der Waals surface area (Å²) in [5.41, 5.74) is -0.338. The summed E-state index contributed by atoms with van der Waals surface area (Å²) in [6.45, 7) is 13.9. The van der Waals surface area contributed by atoms with Crippen molar-refractivity contribution in [3.05, 3.63) is 12.7 Å². The van der Waals surface area contributed by atoms with E-state index in [2.05, 4.69) is 11.9 Å². The quantitative estimate of drug-likeness (QED) is 0.706. The van der Waals surface area contributed by atoms with Crippen LogP contribution in [0.3, 0.4) is 0 Å². The molecule has 0 bridgehead atoms. The minimum atomic E-state index is -0.870. The number of nitrogens with one attached hydrogen (secondary N) is 1. The Labute approximate surface area is 122 Å². The molecule has 0 saturated carbocycles. The molecule has 0 fully saturated rings. The maximum Gasteiger partial charge on any atom is 0.318 e. The van der Waals surface area contributed by atoms with Gasteiger partial charge in [0, 0.05) is 18.6 Å². The van der Waals surface area contributed by atoms with Gasteiger partial charge in [0.25, 0.3) is 0 Å². The summed E-state index contributed by atoms with van der Waals surface area (Å²) in [6, 6.07) is -0.257. The molecule has 0 aliphatic heterocycles. The average Bonchev–Trinajstić information content (AvgIpc) is 2.28. The first-order valence-corrected chi connectivity index (χ1v) is 6.98. The second-order valence-electron chi connectivity index (χ2n) is 6.42. The predicted molar refractivity (Wildman–Crippen MR) is 80.6 cm³/mol. The smallest absolute Gasteiger partial charge is 0.318 e. The Kier molecular flexibility index (Phi) is 7.32. The summed E-state index contributed by atoms with van der Waals surface area (Å²) < 4.78 is 0. The van der Waals surface area contributed by atoms with Crippen molar-refractivity contribution in [2.45, 2.75) is 46.6 Å². The van der Waals surface area contributed by atoms with E-state index in [0.717, 1.165) is 0 Å². The van der Waals surface area contributed by atoms with Gasteiger partial charge < -0.3 is 15.3 Å². The van der Waals surface area contributed by atoms with Gasteiger partial charge in [-0.25, -0.2) is 4.79 Å². The number of urea groups is 1. The number of carbonyl (C=O) groups is 2. The average molecular weight is 284 g/mol. The number of nitrogens with zero attached hydrogens (tertiary/aromatic N) is 1. The van der Waals surface area contributed by atoms with E-state index in [1.165, 1.54) is 0 Å². The van der Waals surface area contributed by atoms with Crippen LogP contribution in [0.15, 0.2) is 12.7 Å². The number of carboxylic acid groups (broad SMARTS) is 1. The van der Waals surface area contributed by atoms with Crippen molar-refractivity contribution in [3.8, 4) is 0 Å². The first-order chi connectivity index (χ1) is 9.09. The largest absolute Gasteiger partial charge is 0.481 e. The molecule has 5 nitrogen and oxygen atoms in total. The van der Waals surface area contributed by atoms with Crippen LogP contribution in [-0.4, -0.2) is 40.6 Å². The van der Waals surface area contributed by atoms with Gasteiger partial charge in [-0.05, 0) is 33.1 Å². The highest BCUT2D eigenvalue weighted by molar-refractivity contribution is 5.76. The number of carboxylic acids is 1. The second kappa shape index (κ2) is 7.92. The number of aliphatic carboxylic acids is 1. The molecule has 116 valence electrons. The minimum Gasteiger partial charge on any atom is -0.481 e. The highest BCUT2D eigenvalue weighted by atomic mass is 16.4. The maximum atomic E-state index is 12.2. The molecule has 5 heteroatoms. The van der Waals surface area contributed by atoms with Gasteiger partial charge in [-0.3, -0.25) is 4.79 Å². The molecule has 0 aliphatic carbocycles. The summed E-state index contributed by atoms with van der Waals surface area (Å²) in [6.07, 6.45) is 2.21. The van der Waals surface area contributed by atoms with Crippen LogP contribution in [0.4, 0.5) is 4.79 Å². The van der Waals surface area contributed by atoms with Crippen LogP contribution in [-0.2, 0) is 4.79 Å². The van der Waals surface area contributed by atoms with E-state index in [1.54, 1.807) is 11.0 Å². The van der Waals surface area contributed by atoms with Crippen LogP contribution in [0.2, 0.25) is 0 Å². The SMILES string of the molecule is C=CCN(C(=O)NCC(CC(C)C)C(=O)O)C(C)(C)C. The molecule has 0 aliphatic rings. The molecule has 20 heavy (non-hydrogen) atoms. The summed E-state index contributed by atoms with van der Waals surface area (Å²) in [4.78, 5) is 25.0. The molecule has 0 spiro atoms. The van der Waals surface area contributed by atoms with Crippen LogP contribution in [0.25, 0.3) is 0 Å². The fourth-order valence-electron chi connectivity index (χ4n) is 1.94. The summed E-state index contributed by atoms with van der Waals surface area (Å²) in [7, 11) is 0. The van der Waals surface area contributed by atoms with Crippen molar-refractivity contribution in [3.63, 3.8) is 0 Å². The molecular formula is C15H28N2O3. The fraction of sp³-hybridized carbons (Fsp3) is 0.733. The van der Waals surface area contributed by atoms with Gasteiger partial charge in [0.2, 0.25) is 0 Å². The van der Waals surface area contributed by atoms with Crippen molar-refractivity contribution in [2.24, 2.45) is 11.8 Å². The molecule has 0 aromatic rings. The third-order valence-corrected chi connectivity index (χ3v) is 2.97. The van der Waals surface area contributed by atoms with Gasteiger partial charge in [0.1, 0.15) is 0 Å². The van der Waals surface area contributed by atoms with Crippen molar-refractivity contribution in [1.82, 2.24) is 10.2 Å². The van der Waals surface area contributed by atoms with E-state index in [4.69, 9.17) is 5.11 Å².